The van der Waals surface area contributed by atoms with E-state index < -0.39 is 7.14 Å². The minimum Gasteiger partial charge on any atom is -0.309 e. The van der Waals surface area contributed by atoms with Crippen LogP contribution in [0.25, 0.3) is 44.7 Å². The van der Waals surface area contributed by atoms with Gasteiger partial charge in [0.2, 0.25) is 0 Å². The quantitative estimate of drug-likeness (QED) is 0.139. The highest BCUT2D eigenvalue weighted by molar-refractivity contribution is 7.85. The molecule has 2 nitrogen and oxygen atoms in total. The van der Waals surface area contributed by atoms with Gasteiger partial charge in [-0.05, 0) is 79.3 Å². The van der Waals surface area contributed by atoms with Crippen LogP contribution in [0.1, 0.15) is 30.0 Å². The summed E-state index contributed by atoms with van der Waals surface area (Å²) in [6, 6.07) is 60.9. The van der Waals surface area contributed by atoms with Crippen LogP contribution in [-0.2, 0) is 11.0 Å². The molecular formula is C48H40NOP. The summed E-state index contributed by atoms with van der Waals surface area (Å²) in [4.78, 5) is 0. The molecule has 3 heteroatoms. The zero-order chi connectivity index (χ0) is 34.8. The summed E-state index contributed by atoms with van der Waals surface area (Å²) >= 11 is 0. The molecule has 0 bridgehead atoms. The lowest BCUT2D eigenvalue weighted by Crippen LogP contribution is -2.25. The van der Waals surface area contributed by atoms with E-state index >= 15 is 4.57 Å². The van der Waals surface area contributed by atoms with Crippen molar-refractivity contribution < 1.29 is 4.57 Å². The van der Waals surface area contributed by atoms with Gasteiger partial charge >= 0.3 is 0 Å². The molecule has 0 N–H and O–H groups in total. The Balaban J connectivity index is 1.28. The number of rotatable bonds is 9. The Bertz CT molecular complexity index is 2510. The number of allylic oxidation sites excluding steroid dienone is 1. The van der Waals surface area contributed by atoms with E-state index in [9.17, 15) is 0 Å². The maximum absolute atomic E-state index is 15.2. The van der Waals surface area contributed by atoms with Crippen molar-refractivity contribution in [3.05, 3.63) is 198 Å². The van der Waals surface area contributed by atoms with Crippen LogP contribution in [0.4, 0.5) is 0 Å². The van der Waals surface area contributed by atoms with Gasteiger partial charge in [-0.2, -0.15) is 0 Å². The molecule has 0 unspecified atom stereocenters. The van der Waals surface area contributed by atoms with Crippen molar-refractivity contribution in [3.63, 3.8) is 0 Å². The van der Waals surface area contributed by atoms with Crippen molar-refractivity contribution >= 4 is 50.9 Å². The SMILES string of the molecule is C/C(=C/c1c(C)ccc2c3cc(-c4cccc(P(=O)(c5ccccc5)c5ccccc5)c4)ccc3n(-c3ccccc3)c12)CCc1ccccc1. The third-order valence-corrected chi connectivity index (χ3v) is 13.1. The van der Waals surface area contributed by atoms with Crippen molar-refractivity contribution in [2.45, 2.75) is 26.7 Å². The fourth-order valence-corrected chi connectivity index (χ4v) is 10.0. The molecule has 0 amide bonds. The fourth-order valence-electron chi connectivity index (χ4n) is 7.35. The number of hydrogen-bond acceptors (Lipinski definition) is 1. The van der Waals surface area contributed by atoms with Crippen molar-refractivity contribution in [1.29, 1.82) is 0 Å². The summed E-state index contributed by atoms with van der Waals surface area (Å²) < 4.78 is 17.6. The molecule has 0 fully saturated rings. The average Bonchev–Trinajstić information content (AvgIpc) is 3.53. The van der Waals surface area contributed by atoms with Gasteiger partial charge in [-0.1, -0.05) is 157 Å². The second-order valence-corrected chi connectivity index (χ2v) is 16.2. The van der Waals surface area contributed by atoms with Crippen LogP contribution in [0.2, 0.25) is 0 Å². The number of para-hydroxylation sites is 1. The number of fused-ring (bicyclic) bond motifs is 3. The first-order chi connectivity index (χ1) is 25.0. The van der Waals surface area contributed by atoms with Gasteiger partial charge in [0, 0.05) is 37.9 Å². The van der Waals surface area contributed by atoms with Crippen LogP contribution in [0.5, 0.6) is 0 Å². The third kappa shape index (κ3) is 6.18. The molecule has 0 radical (unpaired) electrons. The Hall–Kier alpha value is -5.69. The topological polar surface area (TPSA) is 22.0 Å². The Morgan fingerprint density at radius 1 is 0.588 bits per heavy atom. The lowest BCUT2D eigenvalue weighted by atomic mass is 9.98. The number of aryl methyl sites for hydroxylation is 2. The predicted molar refractivity (Wildman–Crippen MR) is 219 cm³/mol. The Morgan fingerprint density at radius 3 is 1.84 bits per heavy atom. The fraction of sp³-hybridized carbons (Fsp3) is 0.0833. The molecule has 0 saturated carbocycles. The van der Waals surface area contributed by atoms with E-state index in [1.165, 1.54) is 38.6 Å². The van der Waals surface area contributed by atoms with Crippen LogP contribution in [0, 0.1) is 6.92 Å². The minimum absolute atomic E-state index is 0.832. The van der Waals surface area contributed by atoms with Gasteiger partial charge in [0.25, 0.3) is 0 Å². The average molecular weight is 678 g/mol. The van der Waals surface area contributed by atoms with Gasteiger partial charge in [0.1, 0.15) is 0 Å². The highest BCUT2D eigenvalue weighted by Gasteiger charge is 2.30. The lowest BCUT2D eigenvalue weighted by Gasteiger charge is -2.20. The van der Waals surface area contributed by atoms with E-state index in [2.05, 4.69) is 128 Å². The second-order valence-electron chi connectivity index (χ2n) is 13.4. The van der Waals surface area contributed by atoms with Gasteiger partial charge in [-0.15, -0.1) is 0 Å². The molecule has 0 aliphatic carbocycles. The minimum atomic E-state index is -3.11. The number of hydrogen-bond donors (Lipinski definition) is 0. The zero-order valence-electron chi connectivity index (χ0n) is 29.0. The maximum Gasteiger partial charge on any atom is 0.171 e. The molecule has 8 aromatic rings. The first-order valence-corrected chi connectivity index (χ1v) is 19.4. The largest absolute Gasteiger partial charge is 0.309 e. The van der Waals surface area contributed by atoms with E-state index in [-0.39, 0.29) is 0 Å². The van der Waals surface area contributed by atoms with Crippen molar-refractivity contribution in [3.8, 4) is 16.8 Å². The Morgan fingerprint density at radius 2 is 1.18 bits per heavy atom. The molecular weight excluding hydrogens is 638 g/mol. The van der Waals surface area contributed by atoms with Gasteiger partial charge in [0.15, 0.2) is 7.14 Å². The first kappa shape index (κ1) is 32.5. The summed E-state index contributed by atoms with van der Waals surface area (Å²) in [6.07, 6.45) is 4.42. The van der Waals surface area contributed by atoms with Gasteiger partial charge < -0.3 is 9.13 Å². The molecule has 1 aromatic heterocycles. The van der Waals surface area contributed by atoms with E-state index in [1.807, 2.05) is 72.8 Å². The summed E-state index contributed by atoms with van der Waals surface area (Å²) in [5.74, 6) is 0. The molecule has 0 saturated heterocycles. The molecule has 1 heterocycles. The van der Waals surface area contributed by atoms with Crippen molar-refractivity contribution in [2.24, 2.45) is 0 Å². The van der Waals surface area contributed by atoms with Crippen LogP contribution in [-0.4, -0.2) is 4.57 Å². The van der Waals surface area contributed by atoms with E-state index in [1.54, 1.807) is 0 Å². The zero-order valence-corrected chi connectivity index (χ0v) is 29.9. The predicted octanol–water partition coefficient (Wildman–Crippen LogP) is 11.4. The van der Waals surface area contributed by atoms with Crippen LogP contribution < -0.4 is 15.9 Å². The van der Waals surface area contributed by atoms with Crippen LogP contribution in [0.15, 0.2) is 181 Å². The standard InChI is InChI=1S/C48H40NOP/c1-35(26-28-37-16-7-3-8-17-37)32-45-36(2)27-30-44-46-34-39(29-31-47(46)49(48(44)45)40-19-9-4-10-20-40)38-18-15-25-43(33-38)51(50,41-21-11-5-12-22-41)42-23-13-6-14-24-42/h3-25,27,29-34H,26,28H2,1-2H3/b35-32-. The molecule has 7 aromatic carbocycles. The van der Waals surface area contributed by atoms with E-state index in [0.29, 0.717) is 0 Å². The molecule has 0 aliphatic heterocycles. The van der Waals surface area contributed by atoms with Gasteiger partial charge in [0.05, 0.1) is 11.0 Å². The lowest BCUT2D eigenvalue weighted by molar-refractivity contribution is 0.592. The summed E-state index contributed by atoms with van der Waals surface area (Å²) in [6.45, 7) is 4.48. The third-order valence-electron chi connectivity index (χ3n) is 10.0. The summed E-state index contributed by atoms with van der Waals surface area (Å²) in [5.41, 5.74) is 10.9. The molecule has 0 aliphatic rings. The van der Waals surface area contributed by atoms with Gasteiger partial charge in [-0.25, -0.2) is 0 Å². The van der Waals surface area contributed by atoms with E-state index in [0.717, 1.165) is 51.1 Å². The summed E-state index contributed by atoms with van der Waals surface area (Å²) in [5, 5.41) is 4.93. The molecule has 248 valence electrons. The second kappa shape index (κ2) is 13.9. The Labute approximate surface area is 300 Å². The van der Waals surface area contributed by atoms with Crippen LogP contribution in [0.3, 0.4) is 0 Å². The smallest absolute Gasteiger partial charge is 0.171 e. The van der Waals surface area contributed by atoms with Crippen molar-refractivity contribution in [2.75, 3.05) is 0 Å². The number of benzene rings is 7. The van der Waals surface area contributed by atoms with Gasteiger partial charge in [-0.3, -0.25) is 0 Å². The Kier molecular flexibility index (Phi) is 8.86. The molecule has 0 spiro atoms. The van der Waals surface area contributed by atoms with Crippen LogP contribution >= 0.6 is 7.14 Å². The maximum atomic E-state index is 15.2. The summed E-state index contributed by atoms with van der Waals surface area (Å²) in [7, 11) is -3.11. The monoisotopic (exact) mass is 677 g/mol. The first-order valence-electron chi connectivity index (χ1n) is 17.7. The molecule has 8 rings (SSSR count). The molecule has 0 atom stereocenters. The highest BCUT2D eigenvalue weighted by atomic mass is 31.2. The number of nitrogens with zero attached hydrogens (tertiary/aromatic N) is 1. The number of aromatic nitrogens is 1. The van der Waals surface area contributed by atoms with E-state index in [4.69, 9.17) is 0 Å². The normalized spacial score (nSPS) is 12.1. The van der Waals surface area contributed by atoms with Crippen molar-refractivity contribution in [1.82, 2.24) is 4.57 Å². The molecule has 51 heavy (non-hydrogen) atoms. The highest BCUT2D eigenvalue weighted by Crippen LogP contribution is 2.44.